The third kappa shape index (κ3) is 10.8. The van der Waals surface area contributed by atoms with Crippen LogP contribution >= 0.6 is 0 Å². The van der Waals surface area contributed by atoms with Gasteiger partial charge >= 0.3 is 0 Å². The Labute approximate surface area is 259 Å². The van der Waals surface area contributed by atoms with Gasteiger partial charge < -0.3 is 57.4 Å². The average Bonchev–Trinajstić information content (AvgIpc) is 3.51. The number of allylic oxidation sites excluding steroid dienone is 1. The molecule has 1 fully saturated rings. The van der Waals surface area contributed by atoms with Crippen molar-refractivity contribution in [2.45, 2.75) is 25.6 Å². The summed E-state index contributed by atoms with van der Waals surface area (Å²) in [5.41, 5.74) is 0.951. The van der Waals surface area contributed by atoms with E-state index in [1.165, 1.54) is 0 Å². The summed E-state index contributed by atoms with van der Waals surface area (Å²) in [5, 5.41) is 8.89. The zero-order valence-corrected chi connectivity index (χ0v) is 25.7. The number of hydrogen-bond donors (Lipinski definition) is 1. The van der Waals surface area contributed by atoms with E-state index in [-0.39, 0.29) is 43.5 Å². The van der Waals surface area contributed by atoms with Crippen LogP contribution in [0.15, 0.2) is 30.0 Å². The van der Waals surface area contributed by atoms with E-state index in [1.54, 1.807) is 4.90 Å². The van der Waals surface area contributed by atoms with E-state index in [0.717, 1.165) is 5.56 Å². The van der Waals surface area contributed by atoms with Crippen molar-refractivity contribution in [3.8, 4) is 11.5 Å². The second-order valence-electron chi connectivity index (χ2n) is 10.3. The Morgan fingerprint density at radius 3 is 2.16 bits per heavy atom. The molecule has 1 saturated heterocycles. The fourth-order valence-electron chi connectivity index (χ4n) is 5.12. The predicted octanol–water partition coefficient (Wildman–Crippen LogP) is 1.72. The first-order chi connectivity index (χ1) is 21.7. The van der Waals surface area contributed by atoms with Crippen LogP contribution in [-0.2, 0) is 42.7 Å². The smallest absolute Gasteiger partial charge is 0.288 e. The third-order valence-corrected chi connectivity index (χ3v) is 7.33. The van der Waals surface area contributed by atoms with Crippen LogP contribution in [-0.4, -0.2) is 135 Å². The summed E-state index contributed by atoms with van der Waals surface area (Å²) in [5.74, 6) is 0.910. The molecule has 0 spiro atoms. The molecule has 0 unspecified atom stereocenters. The van der Waals surface area contributed by atoms with Gasteiger partial charge in [0.1, 0.15) is 0 Å². The van der Waals surface area contributed by atoms with E-state index in [9.17, 15) is 4.79 Å². The van der Waals surface area contributed by atoms with Gasteiger partial charge in [0.15, 0.2) is 17.3 Å². The molecule has 0 aromatic heterocycles. The minimum Gasteiger partial charge on any atom is -0.459 e. The summed E-state index contributed by atoms with van der Waals surface area (Å²) < 4.78 is 57.2. The number of rotatable bonds is 12. The number of amides is 1. The number of ether oxygens (including phenoxy) is 10. The van der Waals surface area contributed by atoms with Gasteiger partial charge in [-0.25, -0.2) is 0 Å². The molecule has 3 aliphatic rings. The fourth-order valence-corrected chi connectivity index (χ4v) is 5.12. The van der Waals surface area contributed by atoms with Gasteiger partial charge in [0.05, 0.1) is 79.3 Å². The Balaban J connectivity index is 1.51. The van der Waals surface area contributed by atoms with Crippen molar-refractivity contribution in [2.75, 3.05) is 112 Å². The van der Waals surface area contributed by atoms with E-state index in [4.69, 9.17) is 52.5 Å². The molecule has 1 aromatic rings. The largest absolute Gasteiger partial charge is 0.459 e. The van der Waals surface area contributed by atoms with Gasteiger partial charge in [-0.1, -0.05) is 6.07 Å². The van der Waals surface area contributed by atoms with E-state index in [0.29, 0.717) is 110 Å². The first-order valence-corrected chi connectivity index (χ1v) is 15.5. The van der Waals surface area contributed by atoms with Crippen molar-refractivity contribution in [3.63, 3.8) is 0 Å². The molecule has 0 radical (unpaired) electrons. The van der Waals surface area contributed by atoms with Crippen LogP contribution in [0, 0.1) is 5.92 Å². The van der Waals surface area contributed by atoms with Crippen molar-refractivity contribution in [1.82, 2.24) is 4.90 Å². The first kappa shape index (κ1) is 34.4. The maximum atomic E-state index is 14.0. The lowest BCUT2D eigenvalue weighted by atomic mass is 9.81. The highest BCUT2D eigenvalue weighted by molar-refractivity contribution is 5.91. The van der Waals surface area contributed by atoms with Crippen molar-refractivity contribution in [3.05, 3.63) is 35.6 Å². The minimum absolute atomic E-state index is 0.0263. The van der Waals surface area contributed by atoms with Crippen molar-refractivity contribution in [2.24, 2.45) is 5.92 Å². The van der Waals surface area contributed by atoms with Gasteiger partial charge in [-0.2, -0.15) is 0 Å². The van der Waals surface area contributed by atoms with Gasteiger partial charge in [-0.15, -0.1) is 0 Å². The van der Waals surface area contributed by atoms with Crippen LogP contribution in [0.25, 0.3) is 0 Å². The summed E-state index contributed by atoms with van der Waals surface area (Å²) in [7, 11) is 0. The Hall–Kier alpha value is -2.49. The lowest BCUT2D eigenvalue weighted by molar-refractivity contribution is -0.172. The Kier molecular flexibility index (Phi) is 15.5. The number of nitrogens with zero attached hydrogens (tertiary/aromatic N) is 1. The summed E-state index contributed by atoms with van der Waals surface area (Å²) in [6, 6.07) is 5.82. The Morgan fingerprint density at radius 2 is 1.50 bits per heavy atom. The molecule has 44 heavy (non-hydrogen) atoms. The molecule has 1 amide bonds. The monoisotopic (exact) mass is 625 g/mol. The molecule has 1 aromatic carbocycles. The summed E-state index contributed by atoms with van der Waals surface area (Å²) in [4.78, 5) is 15.7. The zero-order valence-electron chi connectivity index (χ0n) is 25.7. The van der Waals surface area contributed by atoms with Crippen LogP contribution in [0.2, 0.25) is 0 Å². The molecule has 1 N–H and O–H groups in total. The Morgan fingerprint density at radius 1 is 0.864 bits per heavy atom. The SMILES string of the molecule is CCO[C@H]1OC(C(=O)N2CCOCCOCCOCCOCC2)=C[C@@H](c2ccc3c(c2)OCO3)[C@H]1CCOCCOCCO. The standard InChI is InChI=1S/C31H47NO12/c1-2-41-31-25(5-9-35-13-16-38-12-8-33)26(24-3-4-27-28(21-24)43-23-42-27)22-29(44-31)30(34)32-6-10-36-14-17-39-19-20-40-18-15-37-11-7-32/h3-4,21-22,25-26,31,33H,2,5-20,23H2,1H3/t25-,26+,31+/m1/s1. The second-order valence-corrected chi connectivity index (χ2v) is 10.3. The third-order valence-electron chi connectivity index (χ3n) is 7.33. The predicted molar refractivity (Wildman–Crippen MR) is 157 cm³/mol. The lowest BCUT2D eigenvalue weighted by Gasteiger charge is -2.38. The summed E-state index contributed by atoms with van der Waals surface area (Å²) >= 11 is 0. The van der Waals surface area contributed by atoms with Crippen LogP contribution in [0.4, 0.5) is 0 Å². The van der Waals surface area contributed by atoms with Gasteiger partial charge in [-0.3, -0.25) is 4.79 Å². The topological polar surface area (TPSA) is 133 Å². The average molecular weight is 626 g/mol. The van der Waals surface area contributed by atoms with Crippen molar-refractivity contribution >= 4 is 5.91 Å². The molecule has 4 rings (SSSR count). The molecule has 0 saturated carbocycles. The van der Waals surface area contributed by atoms with Crippen LogP contribution < -0.4 is 9.47 Å². The lowest BCUT2D eigenvalue weighted by Crippen LogP contribution is -2.43. The van der Waals surface area contributed by atoms with E-state index in [1.807, 2.05) is 31.2 Å². The highest BCUT2D eigenvalue weighted by Gasteiger charge is 2.39. The number of carbonyl (C=O) groups is 1. The number of benzene rings is 1. The number of aliphatic hydroxyl groups is 1. The van der Waals surface area contributed by atoms with E-state index >= 15 is 0 Å². The molecule has 0 aliphatic carbocycles. The highest BCUT2D eigenvalue weighted by atomic mass is 16.7. The van der Waals surface area contributed by atoms with Crippen LogP contribution in [0.5, 0.6) is 11.5 Å². The van der Waals surface area contributed by atoms with E-state index < -0.39 is 6.29 Å². The highest BCUT2D eigenvalue weighted by Crippen LogP contribution is 2.42. The van der Waals surface area contributed by atoms with Gasteiger partial charge in [0.2, 0.25) is 13.1 Å². The van der Waals surface area contributed by atoms with Crippen molar-refractivity contribution in [1.29, 1.82) is 0 Å². The maximum Gasteiger partial charge on any atom is 0.288 e. The van der Waals surface area contributed by atoms with E-state index in [2.05, 4.69) is 0 Å². The number of hydrogen-bond acceptors (Lipinski definition) is 12. The van der Waals surface area contributed by atoms with Crippen LogP contribution in [0.1, 0.15) is 24.8 Å². The van der Waals surface area contributed by atoms with Gasteiger partial charge in [0, 0.05) is 38.1 Å². The molecule has 248 valence electrons. The zero-order chi connectivity index (χ0) is 30.8. The number of aliphatic hydroxyl groups excluding tert-OH is 1. The molecule has 0 bridgehead atoms. The number of carbonyl (C=O) groups excluding carboxylic acids is 1. The maximum absolute atomic E-state index is 14.0. The fraction of sp³-hybridized carbons (Fsp3) is 0.710. The molecule has 13 nitrogen and oxygen atoms in total. The molecule has 3 heterocycles. The van der Waals surface area contributed by atoms with Gasteiger partial charge in [0.25, 0.3) is 5.91 Å². The molecular formula is C31H47NO12. The first-order valence-electron chi connectivity index (χ1n) is 15.5. The minimum atomic E-state index is -0.682. The quantitative estimate of drug-likeness (QED) is 0.339. The summed E-state index contributed by atoms with van der Waals surface area (Å²) in [6.45, 7) is 8.13. The van der Waals surface area contributed by atoms with Gasteiger partial charge in [-0.05, 0) is 37.1 Å². The van der Waals surface area contributed by atoms with Crippen LogP contribution in [0.3, 0.4) is 0 Å². The Bertz CT molecular complexity index is 992. The second kappa shape index (κ2) is 19.8. The summed E-state index contributed by atoms with van der Waals surface area (Å²) in [6.07, 6.45) is 1.81. The molecule has 13 heteroatoms. The number of fused-ring (bicyclic) bond motifs is 1. The van der Waals surface area contributed by atoms with Crippen molar-refractivity contribution < 1.29 is 57.3 Å². The molecule has 3 aliphatic heterocycles. The molecular weight excluding hydrogens is 578 g/mol. The molecule has 3 atom stereocenters. The normalized spacial score (nSPS) is 23.7.